The molecule has 0 fully saturated rings. The summed E-state index contributed by atoms with van der Waals surface area (Å²) in [5.74, 6) is -0.914. The maximum Gasteiger partial charge on any atom is 0.323 e. The first-order valence-corrected chi connectivity index (χ1v) is 7.86. The molecule has 4 nitrogen and oxygen atoms in total. The molecule has 1 aromatic rings. The topological polar surface area (TPSA) is 66.6 Å². The SMILES string of the molecule is CC(N)(CCCCN1CCCCc2ccccc21)C(=O)O. The summed E-state index contributed by atoms with van der Waals surface area (Å²) in [5.41, 5.74) is 7.45. The first-order chi connectivity index (χ1) is 10.0. The van der Waals surface area contributed by atoms with E-state index < -0.39 is 11.5 Å². The third-order valence-electron chi connectivity index (χ3n) is 4.32. The van der Waals surface area contributed by atoms with Crippen molar-refractivity contribution in [2.75, 3.05) is 18.0 Å². The van der Waals surface area contributed by atoms with Crippen LogP contribution in [-0.4, -0.2) is 29.7 Å². The summed E-state index contributed by atoms with van der Waals surface area (Å²) in [6, 6.07) is 8.62. The van der Waals surface area contributed by atoms with E-state index in [0.29, 0.717) is 6.42 Å². The second kappa shape index (κ2) is 6.94. The molecule has 0 bridgehead atoms. The molecule has 4 heteroatoms. The Morgan fingerprint density at radius 1 is 1.33 bits per heavy atom. The predicted octanol–water partition coefficient (Wildman–Crippen LogP) is 2.80. The van der Waals surface area contributed by atoms with E-state index in [1.165, 1.54) is 24.1 Å². The van der Waals surface area contributed by atoms with E-state index >= 15 is 0 Å². The molecule has 1 aromatic carbocycles. The minimum Gasteiger partial charge on any atom is -0.480 e. The van der Waals surface area contributed by atoms with E-state index in [1.807, 2.05) is 0 Å². The summed E-state index contributed by atoms with van der Waals surface area (Å²) in [6.07, 6.45) is 5.97. The molecule has 1 heterocycles. The summed E-state index contributed by atoms with van der Waals surface area (Å²) in [4.78, 5) is 13.4. The molecule has 2 rings (SSSR count). The fraction of sp³-hybridized carbons (Fsp3) is 0.588. The van der Waals surface area contributed by atoms with Crippen molar-refractivity contribution in [2.24, 2.45) is 5.73 Å². The second-order valence-corrected chi connectivity index (χ2v) is 6.25. The number of carboxylic acids is 1. The van der Waals surface area contributed by atoms with Gasteiger partial charge in [0.05, 0.1) is 0 Å². The van der Waals surface area contributed by atoms with E-state index in [1.54, 1.807) is 6.92 Å². The maximum absolute atomic E-state index is 11.0. The Balaban J connectivity index is 1.87. The monoisotopic (exact) mass is 290 g/mol. The molecule has 0 saturated carbocycles. The highest BCUT2D eigenvalue weighted by Crippen LogP contribution is 2.26. The van der Waals surface area contributed by atoms with Crippen molar-refractivity contribution in [3.63, 3.8) is 0 Å². The van der Waals surface area contributed by atoms with Crippen LogP contribution >= 0.6 is 0 Å². The summed E-state index contributed by atoms with van der Waals surface area (Å²) in [6.45, 7) is 3.67. The van der Waals surface area contributed by atoms with Crippen LogP contribution in [0, 0.1) is 0 Å². The van der Waals surface area contributed by atoms with Crippen LogP contribution in [0.2, 0.25) is 0 Å². The highest BCUT2D eigenvalue weighted by Gasteiger charge is 2.27. The highest BCUT2D eigenvalue weighted by molar-refractivity contribution is 5.77. The Hall–Kier alpha value is -1.55. The van der Waals surface area contributed by atoms with Crippen LogP contribution in [-0.2, 0) is 11.2 Å². The third kappa shape index (κ3) is 4.21. The predicted molar refractivity (Wildman–Crippen MR) is 85.7 cm³/mol. The van der Waals surface area contributed by atoms with Gasteiger partial charge in [0.15, 0.2) is 0 Å². The Bertz CT molecular complexity index is 485. The van der Waals surface area contributed by atoms with Crippen LogP contribution in [0.3, 0.4) is 0 Å². The van der Waals surface area contributed by atoms with Gasteiger partial charge in [0, 0.05) is 18.8 Å². The quantitative estimate of drug-likeness (QED) is 0.791. The number of hydrogen-bond donors (Lipinski definition) is 2. The van der Waals surface area contributed by atoms with Crippen molar-refractivity contribution in [3.05, 3.63) is 29.8 Å². The molecule has 21 heavy (non-hydrogen) atoms. The van der Waals surface area contributed by atoms with Crippen molar-refractivity contribution in [3.8, 4) is 0 Å². The first kappa shape index (κ1) is 15.8. The van der Waals surface area contributed by atoms with Gasteiger partial charge in [-0.3, -0.25) is 4.79 Å². The molecule has 1 aliphatic heterocycles. The smallest absolute Gasteiger partial charge is 0.323 e. The van der Waals surface area contributed by atoms with Gasteiger partial charge in [0.1, 0.15) is 5.54 Å². The number of anilines is 1. The Morgan fingerprint density at radius 3 is 2.86 bits per heavy atom. The summed E-state index contributed by atoms with van der Waals surface area (Å²) in [5, 5.41) is 9.02. The second-order valence-electron chi connectivity index (χ2n) is 6.25. The van der Waals surface area contributed by atoms with Gasteiger partial charge in [-0.05, 0) is 57.1 Å². The van der Waals surface area contributed by atoms with E-state index in [2.05, 4.69) is 29.2 Å². The fourth-order valence-electron chi connectivity index (χ4n) is 2.90. The number of hydrogen-bond acceptors (Lipinski definition) is 3. The van der Waals surface area contributed by atoms with Gasteiger partial charge < -0.3 is 15.7 Å². The van der Waals surface area contributed by atoms with Gasteiger partial charge in [-0.2, -0.15) is 0 Å². The van der Waals surface area contributed by atoms with Crippen molar-refractivity contribution in [2.45, 2.75) is 51.0 Å². The molecule has 1 unspecified atom stereocenters. The van der Waals surface area contributed by atoms with E-state index in [-0.39, 0.29) is 0 Å². The van der Waals surface area contributed by atoms with Gasteiger partial charge >= 0.3 is 5.97 Å². The normalized spacial score (nSPS) is 17.7. The first-order valence-electron chi connectivity index (χ1n) is 7.86. The van der Waals surface area contributed by atoms with Crippen LogP contribution in [0.25, 0.3) is 0 Å². The van der Waals surface area contributed by atoms with Gasteiger partial charge in [-0.15, -0.1) is 0 Å². The number of para-hydroxylation sites is 1. The standard InChI is InChI=1S/C17H26N2O2/c1-17(18,16(20)21)11-5-7-13-19-12-6-4-9-14-8-2-3-10-15(14)19/h2-3,8,10H,4-7,9,11-13,18H2,1H3,(H,20,21). The average molecular weight is 290 g/mol. The van der Waals surface area contributed by atoms with E-state index in [0.717, 1.165) is 32.4 Å². The number of nitrogens with zero attached hydrogens (tertiary/aromatic N) is 1. The Morgan fingerprint density at radius 2 is 2.10 bits per heavy atom. The van der Waals surface area contributed by atoms with Crippen LogP contribution < -0.4 is 10.6 Å². The minimum absolute atomic E-state index is 0.526. The number of carboxylic acid groups (broad SMARTS) is 1. The van der Waals surface area contributed by atoms with Gasteiger partial charge in [-0.1, -0.05) is 18.2 Å². The largest absolute Gasteiger partial charge is 0.480 e. The number of fused-ring (bicyclic) bond motifs is 1. The van der Waals surface area contributed by atoms with E-state index in [9.17, 15) is 4.79 Å². The molecule has 0 spiro atoms. The van der Waals surface area contributed by atoms with Crippen LogP contribution in [0.15, 0.2) is 24.3 Å². The summed E-state index contributed by atoms with van der Waals surface area (Å²) < 4.78 is 0. The number of benzene rings is 1. The number of aliphatic carboxylic acids is 1. The average Bonchev–Trinajstić information content (AvgIpc) is 2.66. The molecular formula is C17H26N2O2. The summed E-state index contributed by atoms with van der Waals surface area (Å²) >= 11 is 0. The fourth-order valence-corrected chi connectivity index (χ4v) is 2.90. The molecule has 0 aromatic heterocycles. The minimum atomic E-state index is -1.10. The number of unbranched alkanes of at least 4 members (excludes halogenated alkanes) is 1. The number of aryl methyl sites for hydroxylation is 1. The van der Waals surface area contributed by atoms with Crippen LogP contribution in [0.5, 0.6) is 0 Å². The molecule has 0 aliphatic carbocycles. The zero-order valence-electron chi connectivity index (χ0n) is 12.8. The number of carbonyl (C=O) groups is 1. The van der Waals surface area contributed by atoms with Crippen LogP contribution in [0.1, 0.15) is 44.6 Å². The lowest BCUT2D eigenvalue weighted by Gasteiger charge is -2.26. The molecule has 1 atom stereocenters. The van der Waals surface area contributed by atoms with Crippen LogP contribution in [0.4, 0.5) is 5.69 Å². The van der Waals surface area contributed by atoms with E-state index in [4.69, 9.17) is 10.8 Å². The zero-order valence-corrected chi connectivity index (χ0v) is 12.8. The maximum atomic E-state index is 11.0. The highest BCUT2D eigenvalue weighted by atomic mass is 16.4. The zero-order chi connectivity index (χ0) is 15.3. The number of nitrogens with two attached hydrogens (primary N) is 1. The number of rotatable bonds is 6. The Labute approximate surface area is 126 Å². The molecule has 0 saturated heterocycles. The van der Waals surface area contributed by atoms with Crippen molar-refractivity contribution in [1.29, 1.82) is 0 Å². The molecule has 0 radical (unpaired) electrons. The third-order valence-corrected chi connectivity index (χ3v) is 4.32. The molecular weight excluding hydrogens is 264 g/mol. The van der Waals surface area contributed by atoms with Crippen molar-refractivity contribution < 1.29 is 9.90 Å². The van der Waals surface area contributed by atoms with Gasteiger partial charge in [-0.25, -0.2) is 0 Å². The van der Waals surface area contributed by atoms with Crippen molar-refractivity contribution in [1.82, 2.24) is 0 Å². The van der Waals surface area contributed by atoms with Crippen molar-refractivity contribution >= 4 is 11.7 Å². The molecule has 0 amide bonds. The van der Waals surface area contributed by atoms with Gasteiger partial charge in [0.2, 0.25) is 0 Å². The summed E-state index contributed by atoms with van der Waals surface area (Å²) in [7, 11) is 0. The van der Waals surface area contributed by atoms with Gasteiger partial charge in [0.25, 0.3) is 0 Å². The lowest BCUT2D eigenvalue weighted by atomic mass is 9.96. The lowest BCUT2D eigenvalue weighted by Crippen LogP contribution is -2.44. The Kier molecular flexibility index (Phi) is 5.23. The lowest BCUT2D eigenvalue weighted by molar-refractivity contribution is -0.142. The molecule has 116 valence electrons. The molecule has 3 N–H and O–H groups in total. The molecule has 1 aliphatic rings.